The van der Waals surface area contributed by atoms with E-state index in [1.807, 2.05) is 0 Å². The van der Waals surface area contributed by atoms with Gasteiger partial charge < -0.3 is 0 Å². The van der Waals surface area contributed by atoms with Crippen LogP contribution in [0.5, 0.6) is 0 Å². The summed E-state index contributed by atoms with van der Waals surface area (Å²) in [7, 11) is -4.28. The van der Waals surface area contributed by atoms with Crippen molar-refractivity contribution < 1.29 is 18.0 Å². The standard InChI is InChI=1S/C6H10.C2N2O4S/c1-2-4-6-5-3-1;5-1-3-9(7,8)4-2-6/h1-2H,3-6H2;. The fraction of sp³-hybridized carbons (Fsp3) is 0.500. The normalized spacial score (nSPS) is 13.9. The maximum atomic E-state index is 9.97. The maximum Gasteiger partial charge on any atom is 0.383 e. The van der Waals surface area contributed by atoms with Crippen LogP contribution in [0.4, 0.5) is 0 Å². The highest BCUT2D eigenvalue weighted by Gasteiger charge is 2.00. The van der Waals surface area contributed by atoms with Crippen molar-refractivity contribution in [1.29, 1.82) is 0 Å². The van der Waals surface area contributed by atoms with Crippen LogP contribution in [0.3, 0.4) is 0 Å². The van der Waals surface area contributed by atoms with Crippen LogP contribution in [0, 0.1) is 0 Å². The predicted octanol–water partition coefficient (Wildman–Crippen LogP) is 1.02. The van der Waals surface area contributed by atoms with Crippen molar-refractivity contribution in [2.24, 2.45) is 8.80 Å². The van der Waals surface area contributed by atoms with Crippen LogP contribution in [-0.4, -0.2) is 20.6 Å². The van der Waals surface area contributed by atoms with Crippen molar-refractivity contribution in [3.05, 3.63) is 12.2 Å². The summed E-state index contributed by atoms with van der Waals surface area (Å²) in [5, 5.41) is 0. The van der Waals surface area contributed by atoms with Crippen molar-refractivity contribution in [2.75, 3.05) is 0 Å². The molecule has 1 aliphatic rings. The van der Waals surface area contributed by atoms with E-state index in [1.54, 1.807) is 0 Å². The predicted molar refractivity (Wildman–Crippen MR) is 52.8 cm³/mol. The fourth-order valence-corrected chi connectivity index (χ4v) is 1.10. The lowest BCUT2D eigenvalue weighted by Crippen LogP contribution is -1.86. The molecule has 0 saturated heterocycles. The van der Waals surface area contributed by atoms with Gasteiger partial charge in [0.25, 0.3) is 12.2 Å². The molecule has 82 valence electrons. The molecule has 0 N–H and O–H groups in total. The highest BCUT2D eigenvalue weighted by molar-refractivity contribution is 7.89. The highest BCUT2D eigenvalue weighted by Crippen LogP contribution is 2.07. The fourth-order valence-electron chi connectivity index (χ4n) is 0.875. The van der Waals surface area contributed by atoms with E-state index in [4.69, 9.17) is 0 Å². The number of isocyanates is 2. The Hall–Kier alpha value is -1.55. The van der Waals surface area contributed by atoms with Crippen LogP contribution in [-0.2, 0) is 19.8 Å². The second-order valence-electron chi connectivity index (χ2n) is 2.57. The average Bonchev–Trinajstić information content (AvgIpc) is 2.21. The molecule has 0 bridgehead atoms. The number of hydrogen-bond donors (Lipinski definition) is 0. The molecule has 0 atom stereocenters. The van der Waals surface area contributed by atoms with E-state index in [1.165, 1.54) is 25.7 Å². The van der Waals surface area contributed by atoms with Crippen LogP contribution in [0.1, 0.15) is 25.7 Å². The Bertz CT molecular complexity index is 368. The molecular weight excluding hydrogens is 220 g/mol. The summed E-state index contributed by atoms with van der Waals surface area (Å²) in [6.45, 7) is 0. The van der Waals surface area contributed by atoms with E-state index in [2.05, 4.69) is 20.9 Å². The van der Waals surface area contributed by atoms with Crippen molar-refractivity contribution >= 4 is 22.4 Å². The Balaban J connectivity index is 0.000000280. The van der Waals surface area contributed by atoms with Gasteiger partial charge in [-0.05, 0) is 25.7 Å². The first-order valence-electron chi connectivity index (χ1n) is 4.20. The Morgan fingerprint density at radius 1 is 0.933 bits per heavy atom. The van der Waals surface area contributed by atoms with E-state index < -0.39 is 10.2 Å². The average molecular weight is 230 g/mol. The van der Waals surface area contributed by atoms with E-state index in [9.17, 15) is 18.0 Å². The molecule has 0 heterocycles. The molecule has 1 rings (SSSR count). The minimum Gasteiger partial charge on any atom is -0.210 e. The van der Waals surface area contributed by atoms with Gasteiger partial charge in [0, 0.05) is 0 Å². The summed E-state index contributed by atoms with van der Waals surface area (Å²) >= 11 is 0. The van der Waals surface area contributed by atoms with Crippen LogP contribution >= 0.6 is 0 Å². The van der Waals surface area contributed by atoms with Crippen molar-refractivity contribution in [3.63, 3.8) is 0 Å². The van der Waals surface area contributed by atoms with E-state index in [0.29, 0.717) is 12.2 Å². The number of hydrogen-bond acceptors (Lipinski definition) is 4. The third-order valence-corrected chi connectivity index (χ3v) is 2.07. The van der Waals surface area contributed by atoms with E-state index in [-0.39, 0.29) is 0 Å². The molecule has 0 aliphatic heterocycles. The third-order valence-electron chi connectivity index (χ3n) is 1.46. The van der Waals surface area contributed by atoms with E-state index >= 15 is 0 Å². The quantitative estimate of drug-likeness (QED) is 0.402. The summed E-state index contributed by atoms with van der Waals surface area (Å²) < 4.78 is 24.3. The monoisotopic (exact) mass is 230 g/mol. The number of rotatable bonds is 2. The van der Waals surface area contributed by atoms with Gasteiger partial charge in [0.15, 0.2) is 0 Å². The van der Waals surface area contributed by atoms with E-state index in [0.717, 1.165) is 0 Å². The van der Waals surface area contributed by atoms with Gasteiger partial charge in [-0.3, -0.25) is 0 Å². The topological polar surface area (TPSA) is 93.0 Å². The van der Waals surface area contributed by atoms with Gasteiger partial charge in [-0.1, -0.05) is 20.9 Å². The Kier molecular flexibility index (Phi) is 7.01. The molecule has 7 heteroatoms. The first-order chi connectivity index (χ1) is 7.12. The minimum atomic E-state index is -4.28. The summed E-state index contributed by atoms with van der Waals surface area (Å²) in [6, 6.07) is 0. The molecule has 15 heavy (non-hydrogen) atoms. The number of nitrogens with zero attached hydrogens (tertiary/aromatic N) is 2. The zero-order chi connectivity index (χ0) is 11.6. The van der Waals surface area contributed by atoms with Gasteiger partial charge in [-0.15, -0.1) is 0 Å². The SMILES string of the molecule is C1=CCCCC1.O=C=NS(=O)(=O)N=C=O. The Morgan fingerprint density at radius 2 is 1.33 bits per heavy atom. The lowest BCUT2D eigenvalue weighted by molar-refractivity contribution is 0.561. The van der Waals surface area contributed by atoms with Crippen LogP contribution in [0.25, 0.3) is 0 Å². The Labute approximate surface area is 87.6 Å². The first-order valence-corrected chi connectivity index (χ1v) is 5.60. The molecule has 0 unspecified atom stereocenters. The number of carbonyl (C=O) groups excluding carboxylic acids is 2. The van der Waals surface area contributed by atoms with Crippen LogP contribution in [0.2, 0.25) is 0 Å². The summed E-state index contributed by atoms with van der Waals surface area (Å²) in [5.74, 6) is 0. The summed E-state index contributed by atoms with van der Waals surface area (Å²) in [4.78, 5) is 18.5. The molecular formula is C8H10N2O4S. The van der Waals surface area contributed by atoms with Crippen molar-refractivity contribution in [1.82, 2.24) is 0 Å². The highest BCUT2D eigenvalue weighted by atomic mass is 32.2. The van der Waals surface area contributed by atoms with Gasteiger partial charge in [0.1, 0.15) is 0 Å². The molecule has 0 spiro atoms. The minimum absolute atomic E-state index is 0.707. The largest absolute Gasteiger partial charge is 0.383 e. The van der Waals surface area contributed by atoms with Crippen molar-refractivity contribution in [2.45, 2.75) is 25.7 Å². The van der Waals surface area contributed by atoms with Gasteiger partial charge in [-0.2, -0.15) is 8.42 Å². The molecule has 0 aromatic heterocycles. The molecule has 1 aliphatic carbocycles. The molecule has 0 amide bonds. The third kappa shape index (κ3) is 8.77. The summed E-state index contributed by atoms with van der Waals surface area (Å²) in [6.07, 6.45) is 11.4. The smallest absolute Gasteiger partial charge is 0.210 e. The summed E-state index contributed by atoms with van der Waals surface area (Å²) in [5.41, 5.74) is 0. The van der Waals surface area contributed by atoms with Crippen LogP contribution < -0.4 is 0 Å². The van der Waals surface area contributed by atoms with Crippen molar-refractivity contribution in [3.8, 4) is 0 Å². The van der Waals surface area contributed by atoms with Gasteiger partial charge in [-0.25, -0.2) is 9.59 Å². The van der Waals surface area contributed by atoms with Gasteiger partial charge in [0.2, 0.25) is 0 Å². The maximum absolute atomic E-state index is 9.97. The van der Waals surface area contributed by atoms with Gasteiger partial charge in [0.05, 0.1) is 0 Å². The van der Waals surface area contributed by atoms with Gasteiger partial charge >= 0.3 is 10.2 Å². The zero-order valence-electron chi connectivity index (χ0n) is 7.92. The second kappa shape index (κ2) is 7.82. The number of allylic oxidation sites excluding steroid dienone is 2. The first kappa shape index (κ1) is 13.4. The second-order valence-corrected chi connectivity index (χ2v) is 3.83. The molecule has 6 nitrogen and oxygen atoms in total. The van der Waals surface area contributed by atoms with Crippen LogP contribution in [0.15, 0.2) is 20.9 Å². The molecule has 0 radical (unpaired) electrons. The molecule has 0 saturated carbocycles. The lowest BCUT2D eigenvalue weighted by atomic mass is 10.1. The molecule has 0 aromatic rings. The molecule has 0 fully saturated rings. The lowest BCUT2D eigenvalue weighted by Gasteiger charge is -1.97. The zero-order valence-corrected chi connectivity index (χ0v) is 8.74. The molecule has 0 aromatic carbocycles. The Morgan fingerprint density at radius 3 is 1.53 bits per heavy atom.